The van der Waals surface area contributed by atoms with Crippen LogP contribution in [0.5, 0.6) is 0 Å². The average Bonchev–Trinajstić information content (AvgIpc) is 2.67. The van der Waals surface area contributed by atoms with Gasteiger partial charge in [-0.15, -0.1) is 0 Å². The van der Waals surface area contributed by atoms with E-state index in [0.717, 1.165) is 6.54 Å². The Kier molecular flexibility index (Phi) is 15.5. The van der Waals surface area contributed by atoms with E-state index in [1.54, 1.807) is 11.1 Å². The topological polar surface area (TPSA) is 3.88 Å². The van der Waals surface area contributed by atoms with Gasteiger partial charge in [0.2, 0.25) is 0 Å². The van der Waals surface area contributed by atoms with Gasteiger partial charge in [-0.25, -0.2) is 4.57 Å². The molecule has 1 aromatic rings. The van der Waals surface area contributed by atoms with Crippen LogP contribution in [0.25, 0.3) is 0 Å². The third-order valence-electron chi connectivity index (χ3n) is 5.65. The highest BCUT2D eigenvalue weighted by molar-refractivity contribution is 5.15. The minimum atomic E-state index is 1.16. The number of aryl methyl sites for hydroxylation is 3. The van der Waals surface area contributed by atoms with E-state index >= 15 is 0 Å². The molecule has 0 radical (unpaired) electrons. The number of rotatable bonds is 18. The fraction of sp³-hybridized carbons (Fsp3) is 0.808. The molecule has 0 fully saturated rings. The highest BCUT2D eigenvalue weighted by atomic mass is 14.9. The van der Waals surface area contributed by atoms with Gasteiger partial charge < -0.3 is 0 Å². The molecule has 0 saturated heterocycles. The summed E-state index contributed by atoms with van der Waals surface area (Å²) < 4.78 is 2.45. The van der Waals surface area contributed by atoms with Gasteiger partial charge in [-0.1, -0.05) is 97.8 Å². The molecule has 0 N–H and O–H groups in total. The average molecular weight is 375 g/mol. The second-order valence-electron chi connectivity index (χ2n) is 8.53. The molecule has 1 nitrogen and oxygen atoms in total. The third kappa shape index (κ3) is 13.0. The monoisotopic (exact) mass is 374 g/mol. The smallest absolute Gasteiger partial charge is 0.171 e. The molecule has 1 heteroatoms. The fourth-order valence-corrected chi connectivity index (χ4v) is 4.01. The van der Waals surface area contributed by atoms with E-state index in [4.69, 9.17) is 0 Å². The summed E-state index contributed by atoms with van der Waals surface area (Å²) in [5.41, 5.74) is 3.13. The molecule has 0 aliphatic rings. The van der Waals surface area contributed by atoms with Gasteiger partial charge in [0.05, 0.1) is 0 Å². The highest BCUT2D eigenvalue weighted by Gasteiger charge is 2.07. The summed E-state index contributed by atoms with van der Waals surface area (Å²) in [6.07, 6.45) is 28.2. The van der Waals surface area contributed by atoms with Crippen molar-refractivity contribution in [3.63, 3.8) is 0 Å². The first-order valence-electron chi connectivity index (χ1n) is 12.3. The lowest BCUT2D eigenvalue weighted by Crippen LogP contribution is -2.34. The summed E-state index contributed by atoms with van der Waals surface area (Å²) in [5.74, 6) is 0. The minimum Gasteiger partial charge on any atom is -0.205 e. The number of aromatic nitrogens is 1. The second-order valence-corrected chi connectivity index (χ2v) is 8.53. The van der Waals surface area contributed by atoms with Gasteiger partial charge >= 0.3 is 0 Å². The zero-order valence-electron chi connectivity index (χ0n) is 18.9. The van der Waals surface area contributed by atoms with Crippen LogP contribution in [0.15, 0.2) is 18.5 Å². The van der Waals surface area contributed by atoms with Crippen LogP contribution in [0.4, 0.5) is 0 Å². The van der Waals surface area contributed by atoms with E-state index in [1.807, 2.05) is 0 Å². The molecule has 27 heavy (non-hydrogen) atoms. The predicted octanol–water partition coefficient (Wildman–Crippen LogP) is 7.97. The first-order chi connectivity index (χ1) is 13.3. The van der Waals surface area contributed by atoms with Gasteiger partial charge in [0.25, 0.3) is 0 Å². The first-order valence-corrected chi connectivity index (χ1v) is 12.3. The molecule has 156 valence electrons. The molecule has 0 unspecified atom stereocenters. The summed E-state index contributed by atoms with van der Waals surface area (Å²) in [5, 5.41) is 0. The third-order valence-corrected chi connectivity index (χ3v) is 5.65. The van der Waals surface area contributed by atoms with Gasteiger partial charge in [0.1, 0.15) is 6.54 Å². The van der Waals surface area contributed by atoms with Crippen molar-refractivity contribution in [1.82, 2.24) is 0 Å². The zero-order valence-corrected chi connectivity index (χ0v) is 18.9. The van der Waals surface area contributed by atoms with Crippen LogP contribution in [0.1, 0.15) is 128 Å². The summed E-state index contributed by atoms with van der Waals surface area (Å²) >= 11 is 0. The summed E-state index contributed by atoms with van der Waals surface area (Å²) in [6, 6.07) is 2.50. The Bertz CT molecular complexity index is 415. The Hall–Kier alpha value is -0.850. The lowest BCUT2D eigenvalue weighted by Gasteiger charge is -2.06. The quantitative estimate of drug-likeness (QED) is 0.181. The van der Waals surface area contributed by atoms with Crippen LogP contribution in [-0.2, 0) is 19.4 Å². The maximum Gasteiger partial charge on any atom is 0.171 e. The molecule has 0 atom stereocenters. The zero-order chi connectivity index (χ0) is 19.6. The van der Waals surface area contributed by atoms with Crippen molar-refractivity contribution in [2.24, 2.45) is 0 Å². The van der Waals surface area contributed by atoms with Crippen molar-refractivity contribution >= 4 is 0 Å². The van der Waals surface area contributed by atoms with E-state index in [2.05, 4.69) is 43.8 Å². The maximum absolute atomic E-state index is 2.50. The van der Waals surface area contributed by atoms with Crippen molar-refractivity contribution < 1.29 is 4.57 Å². The van der Waals surface area contributed by atoms with Crippen molar-refractivity contribution in [3.8, 4) is 0 Å². The van der Waals surface area contributed by atoms with E-state index in [1.165, 1.54) is 109 Å². The highest BCUT2D eigenvalue weighted by Crippen LogP contribution is 2.14. The number of hydrogen-bond acceptors (Lipinski definition) is 0. The minimum absolute atomic E-state index is 1.16. The second kappa shape index (κ2) is 17.3. The number of hydrogen-bond donors (Lipinski definition) is 0. The van der Waals surface area contributed by atoms with Crippen LogP contribution < -0.4 is 4.57 Å². The van der Waals surface area contributed by atoms with Crippen LogP contribution >= 0.6 is 0 Å². The molecule has 1 aromatic heterocycles. The predicted molar refractivity (Wildman–Crippen MR) is 120 cm³/mol. The van der Waals surface area contributed by atoms with Gasteiger partial charge in [0.15, 0.2) is 12.4 Å². The number of pyridine rings is 1. The number of unbranched alkanes of at least 4 members (excludes halogenated alkanes) is 12. The largest absolute Gasteiger partial charge is 0.205 e. The van der Waals surface area contributed by atoms with Gasteiger partial charge in [0, 0.05) is 17.5 Å². The van der Waals surface area contributed by atoms with Crippen LogP contribution in [-0.4, -0.2) is 0 Å². The van der Waals surface area contributed by atoms with Gasteiger partial charge in [-0.3, -0.25) is 0 Å². The Morgan fingerprint density at radius 2 is 0.926 bits per heavy atom. The molecular weight excluding hydrogens is 326 g/mol. The Morgan fingerprint density at radius 3 is 1.33 bits per heavy atom. The Balaban J connectivity index is 2.34. The van der Waals surface area contributed by atoms with Crippen molar-refractivity contribution in [2.75, 3.05) is 0 Å². The van der Waals surface area contributed by atoms with Crippen LogP contribution in [0.2, 0.25) is 0 Å². The summed E-state index contributed by atoms with van der Waals surface area (Å²) in [7, 11) is 0. The summed E-state index contributed by atoms with van der Waals surface area (Å²) in [4.78, 5) is 0. The molecule has 0 amide bonds. The first kappa shape index (κ1) is 24.2. The number of nitrogens with zero attached hydrogens (tertiary/aromatic N) is 1. The molecule has 0 aliphatic heterocycles. The lowest BCUT2D eigenvalue weighted by atomic mass is 10.0. The Morgan fingerprint density at radius 1 is 0.519 bits per heavy atom. The van der Waals surface area contributed by atoms with Crippen molar-refractivity contribution in [2.45, 2.75) is 136 Å². The van der Waals surface area contributed by atoms with Gasteiger partial charge in [-0.05, 0) is 31.7 Å². The van der Waals surface area contributed by atoms with Gasteiger partial charge in [-0.2, -0.15) is 0 Å². The molecule has 0 spiro atoms. The summed E-state index contributed by atoms with van der Waals surface area (Å²) in [6.45, 7) is 8.04. The van der Waals surface area contributed by atoms with Crippen molar-refractivity contribution in [3.05, 3.63) is 29.6 Å². The lowest BCUT2D eigenvalue weighted by molar-refractivity contribution is -0.697. The standard InChI is InChI=1S/C26H48N/c1-4-7-9-11-13-15-17-19-25-22-26(24-27(23-25)21-6-3)20-18-16-14-12-10-8-5-2/h22-24H,4-21H2,1-3H3/q+1. The molecular formula is C26H48N+. The molecule has 0 bridgehead atoms. The SMILES string of the molecule is CCCCCCCCCc1cc(CCCCCCCCC)c[n+](CCC)c1. The normalized spacial score (nSPS) is 11.2. The fourth-order valence-electron chi connectivity index (χ4n) is 4.01. The van der Waals surface area contributed by atoms with E-state index in [0.29, 0.717) is 0 Å². The Labute approximate surface area is 171 Å². The van der Waals surface area contributed by atoms with E-state index < -0.39 is 0 Å². The van der Waals surface area contributed by atoms with E-state index in [-0.39, 0.29) is 0 Å². The molecule has 0 saturated carbocycles. The van der Waals surface area contributed by atoms with E-state index in [9.17, 15) is 0 Å². The molecule has 0 aliphatic carbocycles. The maximum atomic E-state index is 2.50. The molecule has 1 rings (SSSR count). The van der Waals surface area contributed by atoms with Crippen LogP contribution in [0, 0.1) is 0 Å². The molecule has 1 heterocycles. The van der Waals surface area contributed by atoms with Crippen LogP contribution in [0.3, 0.4) is 0 Å². The van der Waals surface area contributed by atoms with Crippen molar-refractivity contribution in [1.29, 1.82) is 0 Å². The molecule has 0 aromatic carbocycles.